The van der Waals surface area contributed by atoms with Crippen LogP contribution in [0.5, 0.6) is 0 Å². The number of anilines is 1. The molecule has 134 valence electrons. The van der Waals surface area contributed by atoms with Crippen molar-refractivity contribution in [1.82, 2.24) is 20.2 Å². The lowest BCUT2D eigenvalue weighted by atomic mass is 10.1. The SMILES string of the molecule is N#Cc1ccccc1COC(=O)c1ccccc1NC(=O)Cn1cnnn1. The standard InChI is InChI=1S/C18H14N6O3/c19-9-13-5-1-2-6-14(13)11-27-18(26)15-7-3-4-8-16(15)21-17(25)10-24-12-20-22-23-24/h1-8,12H,10-11H2,(H,21,25). The highest BCUT2D eigenvalue weighted by atomic mass is 16.5. The molecule has 0 atom stereocenters. The van der Waals surface area contributed by atoms with Crippen molar-refractivity contribution in [3.63, 3.8) is 0 Å². The quantitative estimate of drug-likeness (QED) is 0.660. The summed E-state index contributed by atoms with van der Waals surface area (Å²) in [6.07, 6.45) is 1.31. The van der Waals surface area contributed by atoms with Crippen molar-refractivity contribution in [1.29, 1.82) is 5.26 Å². The molecular formula is C18H14N6O3. The summed E-state index contributed by atoms with van der Waals surface area (Å²) in [6, 6.07) is 15.4. The third kappa shape index (κ3) is 4.52. The fraction of sp³-hybridized carbons (Fsp3) is 0.111. The second-order valence-electron chi connectivity index (χ2n) is 5.45. The van der Waals surface area contributed by atoms with Gasteiger partial charge in [0.2, 0.25) is 5.91 Å². The first kappa shape index (κ1) is 17.8. The zero-order chi connectivity index (χ0) is 19.1. The van der Waals surface area contributed by atoms with Crippen molar-refractivity contribution in [3.8, 4) is 6.07 Å². The first-order valence-electron chi connectivity index (χ1n) is 7.92. The van der Waals surface area contributed by atoms with Crippen LogP contribution in [0.1, 0.15) is 21.5 Å². The Balaban J connectivity index is 1.68. The molecule has 9 heteroatoms. The van der Waals surface area contributed by atoms with Crippen LogP contribution in [0.15, 0.2) is 54.9 Å². The largest absolute Gasteiger partial charge is 0.457 e. The van der Waals surface area contributed by atoms with Crippen molar-refractivity contribution >= 4 is 17.6 Å². The van der Waals surface area contributed by atoms with E-state index in [1.54, 1.807) is 48.5 Å². The van der Waals surface area contributed by atoms with E-state index in [0.29, 0.717) is 16.8 Å². The fourth-order valence-electron chi connectivity index (χ4n) is 2.34. The van der Waals surface area contributed by atoms with E-state index in [0.717, 1.165) is 0 Å². The minimum atomic E-state index is -0.610. The molecule has 1 N–H and O–H groups in total. The molecule has 0 bridgehead atoms. The van der Waals surface area contributed by atoms with Gasteiger partial charge in [0.05, 0.1) is 22.9 Å². The third-order valence-electron chi connectivity index (χ3n) is 3.61. The number of carbonyl (C=O) groups is 2. The molecule has 1 aromatic heterocycles. The van der Waals surface area contributed by atoms with E-state index in [2.05, 4.69) is 26.9 Å². The Labute approximate surface area is 154 Å². The zero-order valence-corrected chi connectivity index (χ0v) is 14.1. The summed E-state index contributed by atoms with van der Waals surface area (Å²) in [5.41, 5.74) is 1.56. The molecule has 0 aliphatic rings. The maximum atomic E-state index is 12.4. The minimum Gasteiger partial charge on any atom is -0.457 e. The average Bonchev–Trinajstić information content (AvgIpc) is 3.19. The molecular weight excluding hydrogens is 348 g/mol. The molecule has 0 fully saturated rings. The topological polar surface area (TPSA) is 123 Å². The third-order valence-corrected chi connectivity index (χ3v) is 3.61. The molecule has 9 nitrogen and oxygen atoms in total. The number of amides is 1. The van der Waals surface area contributed by atoms with Gasteiger partial charge in [0.15, 0.2) is 0 Å². The normalized spacial score (nSPS) is 10.0. The van der Waals surface area contributed by atoms with Gasteiger partial charge in [-0.1, -0.05) is 30.3 Å². The Morgan fingerprint density at radius 2 is 1.93 bits per heavy atom. The number of para-hydroxylation sites is 1. The zero-order valence-electron chi connectivity index (χ0n) is 14.1. The first-order valence-corrected chi connectivity index (χ1v) is 7.92. The number of tetrazole rings is 1. The molecule has 0 saturated carbocycles. The average molecular weight is 362 g/mol. The molecule has 0 aliphatic heterocycles. The summed E-state index contributed by atoms with van der Waals surface area (Å²) >= 11 is 0. The number of nitrogens with one attached hydrogen (secondary N) is 1. The van der Waals surface area contributed by atoms with Crippen LogP contribution in [-0.2, 0) is 22.7 Å². The van der Waals surface area contributed by atoms with Crippen LogP contribution in [0.25, 0.3) is 0 Å². The lowest BCUT2D eigenvalue weighted by Gasteiger charge is -2.11. The van der Waals surface area contributed by atoms with Crippen LogP contribution in [0.2, 0.25) is 0 Å². The molecule has 0 aliphatic carbocycles. The van der Waals surface area contributed by atoms with Crippen molar-refractivity contribution in [2.45, 2.75) is 13.2 Å². The summed E-state index contributed by atoms with van der Waals surface area (Å²) in [6.45, 7) is -0.137. The number of carbonyl (C=O) groups excluding carboxylic acids is 2. The number of nitriles is 1. The van der Waals surface area contributed by atoms with Crippen molar-refractivity contribution in [3.05, 3.63) is 71.5 Å². The summed E-state index contributed by atoms with van der Waals surface area (Å²) in [5.74, 6) is -1.00. The highest BCUT2D eigenvalue weighted by molar-refractivity contribution is 6.01. The fourth-order valence-corrected chi connectivity index (χ4v) is 2.34. The van der Waals surface area contributed by atoms with E-state index >= 15 is 0 Å². The van der Waals surface area contributed by atoms with Gasteiger partial charge in [-0.15, -0.1) is 5.10 Å². The Hall–Kier alpha value is -4.06. The molecule has 1 amide bonds. The van der Waals surface area contributed by atoms with Crippen LogP contribution in [0.3, 0.4) is 0 Å². The van der Waals surface area contributed by atoms with Gasteiger partial charge in [-0.05, 0) is 28.6 Å². The number of benzene rings is 2. The van der Waals surface area contributed by atoms with Crippen molar-refractivity contribution in [2.24, 2.45) is 0 Å². The minimum absolute atomic E-state index is 0.0462. The Kier molecular flexibility index (Phi) is 5.49. The van der Waals surface area contributed by atoms with Gasteiger partial charge in [0.25, 0.3) is 0 Å². The van der Waals surface area contributed by atoms with E-state index in [4.69, 9.17) is 10.00 Å². The number of hydrogen-bond donors (Lipinski definition) is 1. The molecule has 0 radical (unpaired) electrons. The van der Waals surface area contributed by atoms with E-state index in [-0.39, 0.29) is 18.7 Å². The van der Waals surface area contributed by atoms with E-state index < -0.39 is 11.9 Å². The Morgan fingerprint density at radius 3 is 2.70 bits per heavy atom. The highest BCUT2D eigenvalue weighted by Crippen LogP contribution is 2.18. The smallest absolute Gasteiger partial charge is 0.340 e. The molecule has 3 rings (SSSR count). The van der Waals surface area contributed by atoms with Crippen molar-refractivity contribution < 1.29 is 14.3 Å². The summed E-state index contributed by atoms with van der Waals surface area (Å²) in [7, 11) is 0. The second kappa shape index (κ2) is 8.35. The van der Waals surface area contributed by atoms with Gasteiger partial charge < -0.3 is 10.1 Å². The van der Waals surface area contributed by atoms with Gasteiger partial charge in [0, 0.05) is 5.56 Å². The predicted octanol–water partition coefficient (Wildman–Crippen LogP) is 1.54. The molecule has 0 saturated heterocycles. The van der Waals surface area contributed by atoms with Gasteiger partial charge >= 0.3 is 5.97 Å². The molecule has 27 heavy (non-hydrogen) atoms. The number of ether oxygens (including phenoxy) is 1. The number of esters is 1. The summed E-state index contributed by atoms with van der Waals surface area (Å²) in [4.78, 5) is 24.5. The van der Waals surface area contributed by atoms with Crippen molar-refractivity contribution in [2.75, 3.05) is 5.32 Å². The van der Waals surface area contributed by atoms with Crippen LogP contribution < -0.4 is 5.32 Å². The van der Waals surface area contributed by atoms with Gasteiger partial charge in [-0.2, -0.15) is 5.26 Å². The lowest BCUT2D eigenvalue weighted by molar-refractivity contribution is -0.116. The van der Waals surface area contributed by atoms with E-state index in [9.17, 15) is 9.59 Å². The van der Waals surface area contributed by atoms with E-state index in [1.165, 1.54) is 11.0 Å². The summed E-state index contributed by atoms with van der Waals surface area (Å²) in [5, 5.41) is 22.3. The monoisotopic (exact) mass is 362 g/mol. The molecule has 2 aromatic carbocycles. The number of hydrogen-bond acceptors (Lipinski definition) is 7. The summed E-state index contributed by atoms with van der Waals surface area (Å²) < 4.78 is 6.56. The second-order valence-corrected chi connectivity index (χ2v) is 5.45. The Morgan fingerprint density at radius 1 is 1.15 bits per heavy atom. The number of aromatic nitrogens is 4. The molecule has 0 unspecified atom stereocenters. The van der Waals surface area contributed by atoms with E-state index in [1.807, 2.05) is 0 Å². The number of nitrogens with zero attached hydrogens (tertiary/aromatic N) is 5. The number of rotatable bonds is 6. The Bertz CT molecular complexity index is 994. The van der Waals surface area contributed by atoms with Crippen LogP contribution in [0, 0.1) is 11.3 Å². The first-order chi connectivity index (χ1) is 13.2. The van der Waals surface area contributed by atoms with Crippen LogP contribution in [0.4, 0.5) is 5.69 Å². The molecule has 0 spiro atoms. The van der Waals surface area contributed by atoms with Gasteiger partial charge in [-0.25, -0.2) is 9.48 Å². The lowest BCUT2D eigenvalue weighted by Crippen LogP contribution is -2.21. The van der Waals surface area contributed by atoms with Crippen LogP contribution in [-0.4, -0.2) is 32.1 Å². The maximum absolute atomic E-state index is 12.4. The van der Waals surface area contributed by atoms with Gasteiger partial charge in [-0.3, -0.25) is 4.79 Å². The van der Waals surface area contributed by atoms with Gasteiger partial charge in [0.1, 0.15) is 19.5 Å². The molecule has 1 heterocycles. The van der Waals surface area contributed by atoms with Crippen LogP contribution >= 0.6 is 0 Å². The predicted molar refractivity (Wildman–Crippen MR) is 93.2 cm³/mol. The molecule has 3 aromatic rings. The maximum Gasteiger partial charge on any atom is 0.340 e. The highest BCUT2D eigenvalue weighted by Gasteiger charge is 2.15.